The normalized spacial score (nSPS) is 34.9. The fraction of sp³-hybridized carbons (Fsp3) is 1.00. The molecule has 1 saturated carbocycles. The van der Waals surface area contributed by atoms with Gasteiger partial charge in [0.15, 0.2) is 0 Å². The van der Waals surface area contributed by atoms with E-state index in [1.165, 1.54) is 6.26 Å². The number of nitrogens with zero attached hydrogens (tertiary/aromatic N) is 1. The molecule has 128 valence electrons. The van der Waals surface area contributed by atoms with Crippen molar-refractivity contribution in [2.45, 2.75) is 81.2 Å². The largest absolute Gasteiger partial charge is 0.214 e. The molecule has 1 aliphatic carbocycles. The van der Waals surface area contributed by atoms with Gasteiger partial charge < -0.3 is 0 Å². The molecule has 0 aromatic heterocycles. The Morgan fingerprint density at radius 1 is 0.864 bits per heavy atom. The Balaban J connectivity index is 1.66. The minimum atomic E-state index is -3.27. The Hall–Kier alpha value is -0.180. The molecule has 3 aliphatic rings. The number of sulfonamides is 2. The van der Waals surface area contributed by atoms with Crippen molar-refractivity contribution < 1.29 is 16.8 Å². The van der Waals surface area contributed by atoms with Crippen molar-refractivity contribution in [1.29, 1.82) is 0 Å². The van der Waals surface area contributed by atoms with Gasteiger partial charge in [0.25, 0.3) is 0 Å². The molecule has 0 aromatic carbocycles. The van der Waals surface area contributed by atoms with Gasteiger partial charge in [0.05, 0.1) is 11.5 Å². The molecule has 0 amide bonds. The Morgan fingerprint density at radius 2 is 1.41 bits per heavy atom. The number of hydrogen-bond acceptors (Lipinski definition) is 4. The van der Waals surface area contributed by atoms with Gasteiger partial charge in [-0.05, 0) is 38.5 Å². The summed E-state index contributed by atoms with van der Waals surface area (Å²) >= 11 is 0. The molecule has 1 N–H and O–H groups in total. The first-order valence-corrected chi connectivity index (χ1v) is 11.7. The van der Waals surface area contributed by atoms with Crippen molar-refractivity contribution in [2.24, 2.45) is 0 Å². The van der Waals surface area contributed by atoms with Crippen LogP contribution in [-0.4, -0.2) is 50.8 Å². The van der Waals surface area contributed by atoms with Gasteiger partial charge in [0, 0.05) is 18.1 Å². The molecular formula is C14H26N2O4S2. The third-order valence-corrected chi connectivity index (χ3v) is 8.74. The zero-order valence-corrected chi connectivity index (χ0v) is 14.7. The first-order chi connectivity index (χ1) is 10.3. The molecule has 2 heterocycles. The highest BCUT2D eigenvalue weighted by molar-refractivity contribution is 7.90. The molecule has 6 nitrogen and oxygen atoms in total. The summed E-state index contributed by atoms with van der Waals surface area (Å²) in [5.74, 6) is 0. The average Bonchev–Trinajstić information content (AvgIpc) is 2.72. The van der Waals surface area contributed by atoms with E-state index in [1.807, 2.05) is 0 Å². The van der Waals surface area contributed by atoms with E-state index in [0.717, 1.165) is 44.9 Å². The van der Waals surface area contributed by atoms with E-state index in [9.17, 15) is 16.8 Å². The summed E-state index contributed by atoms with van der Waals surface area (Å²) in [6.45, 7) is 0. The molecule has 3 rings (SSSR count). The van der Waals surface area contributed by atoms with Crippen molar-refractivity contribution in [3.8, 4) is 0 Å². The lowest BCUT2D eigenvalue weighted by molar-refractivity contribution is 0.220. The second-order valence-corrected chi connectivity index (χ2v) is 10.9. The number of hydrogen-bond donors (Lipinski definition) is 1. The summed E-state index contributed by atoms with van der Waals surface area (Å²) in [7, 11) is -6.47. The van der Waals surface area contributed by atoms with E-state index in [4.69, 9.17) is 0 Å². The first-order valence-electron chi connectivity index (χ1n) is 8.27. The molecule has 0 aromatic rings. The molecule has 2 unspecified atom stereocenters. The maximum absolute atomic E-state index is 12.5. The number of nitrogens with one attached hydrogen (secondary N) is 1. The van der Waals surface area contributed by atoms with E-state index in [-0.39, 0.29) is 23.4 Å². The predicted molar refractivity (Wildman–Crippen MR) is 85.4 cm³/mol. The molecule has 8 heteroatoms. The van der Waals surface area contributed by atoms with Crippen LogP contribution < -0.4 is 4.72 Å². The van der Waals surface area contributed by atoms with Gasteiger partial charge >= 0.3 is 0 Å². The summed E-state index contributed by atoms with van der Waals surface area (Å²) in [5.41, 5.74) is 0. The van der Waals surface area contributed by atoms with Gasteiger partial charge in [-0.3, -0.25) is 0 Å². The fourth-order valence-electron chi connectivity index (χ4n) is 4.48. The van der Waals surface area contributed by atoms with Crippen LogP contribution in [0.15, 0.2) is 0 Å². The topological polar surface area (TPSA) is 83.6 Å². The quantitative estimate of drug-likeness (QED) is 0.825. The molecule has 2 atom stereocenters. The highest BCUT2D eigenvalue weighted by Gasteiger charge is 2.46. The zero-order chi connectivity index (χ0) is 16.0. The summed E-state index contributed by atoms with van der Waals surface area (Å²) in [4.78, 5) is 0. The van der Waals surface area contributed by atoms with Gasteiger partial charge in [0.2, 0.25) is 20.0 Å². The van der Waals surface area contributed by atoms with Crippen molar-refractivity contribution in [2.75, 3.05) is 6.26 Å². The lowest BCUT2D eigenvalue weighted by Crippen LogP contribution is -2.53. The van der Waals surface area contributed by atoms with Crippen LogP contribution in [0.4, 0.5) is 0 Å². The summed E-state index contributed by atoms with van der Waals surface area (Å²) in [5, 5.41) is -0.258. The first kappa shape index (κ1) is 16.7. The van der Waals surface area contributed by atoms with Gasteiger partial charge in [0.1, 0.15) is 0 Å². The summed E-state index contributed by atoms with van der Waals surface area (Å²) < 4.78 is 53.3. The SMILES string of the molecule is CS(=O)(=O)N1C2CCC1CC(NS(=O)(=O)C1CCCCC1)C2. The van der Waals surface area contributed by atoms with E-state index >= 15 is 0 Å². The third kappa shape index (κ3) is 3.34. The van der Waals surface area contributed by atoms with E-state index < -0.39 is 20.0 Å². The Bertz CT molecular complexity index is 597. The second kappa shape index (κ2) is 6.03. The fourth-order valence-corrected chi connectivity index (χ4v) is 7.75. The van der Waals surface area contributed by atoms with Crippen molar-refractivity contribution >= 4 is 20.0 Å². The lowest BCUT2D eigenvalue weighted by atomic mass is 10.0. The lowest BCUT2D eigenvalue weighted by Gasteiger charge is -2.37. The van der Waals surface area contributed by atoms with Gasteiger partial charge in [-0.15, -0.1) is 0 Å². The van der Waals surface area contributed by atoms with Crippen LogP contribution in [0.1, 0.15) is 57.8 Å². The minimum Gasteiger partial charge on any atom is -0.212 e. The average molecular weight is 351 g/mol. The van der Waals surface area contributed by atoms with Crippen LogP contribution >= 0.6 is 0 Å². The molecule has 2 saturated heterocycles. The zero-order valence-electron chi connectivity index (χ0n) is 13.1. The standard InChI is InChI=1S/C14H26N2O4S2/c1-21(17,18)16-12-7-8-13(16)10-11(9-12)15-22(19,20)14-5-3-2-4-6-14/h11-15H,2-10H2,1H3. The number of piperidine rings is 1. The Labute approximate surface area is 133 Å². The minimum absolute atomic E-state index is 0.0344. The number of rotatable bonds is 4. The summed E-state index contributed by atoms with van der Waals surface area (Å²) in [6.07, 6.45) is 8.78. The summed E-state index contributed by atoms with van der Waals surface area (Å²) in [6, 6.07) is -0.178. The molecule has 2 aliphatic heterocycles. The number of fused-ring (bicyclic) bond motifs is 2. The van der Waals surface area contributed by atoms with Gasteiger partial charge in [-0.1, -0.05) is 19.3 Å². The van der Waals surface area contributed by atoms with E-state index in [2.05, 4.69) is 4.72 Å². The highest BCUT2D eigenvalue weighted by atomic mass is 32.2. The van der Waals surface area contributed by atoms with Crippen LogP contribution in [0, 0.1) is 0 Å². The smallest absolute Gasteiger partial charge is 0.212 e. The van der Waals surface area contributed by atoms with Crippen LogP contribution in [0.3, 0.4) is 0 Å². The second-order valence-electron chi connectivity index (χ2n) is 7.07. The van der Waals surface area contributed by atoms with Crippen LogP contribution in [0.2, 0.25) is 0 Å². The molecule has 3 fully saturated rings. The van der Waals surface area contributed by atoms with Crippen LogP contribution in [0.5, 0.6) is 0 Å². The Morgan fingerprint density at radius 3 is 1.91 bits per heavy atom. The van der Waals surface area contributed by atoms with Gasteiger partial charge in [-0.2, -0.15) is 4.31 Å². The van der Waals surface area contributed by atoms with Crippen molar-refractivity contribution in [1.82, 2.24) is 9.03 Å². The van der Waals surface area contributed by atoms with Crippen LogP contribution in [-0.2, 0) is 20.0 Å². The van der Waals surface area contributed by atoms with Crippen LogP contribution in [0.25, 0.3) is 0 Å². The molecular weight excluding hydrogens is 324 g/mol. The molecule has 0 spiro atoms. The Kier molecular flexibility index (Phi) is 4.57. The van der Waals surface area contributed by atoms with E-state index in [1.54, 1.807) is 4.31 Å². The molecule has 22 heavy (non-hydrogen) atoms. The van der Waals surface area contributed by atoms with E-state index in [0.29, 0.717) is 12.8 Å². The third-order valence-electron chi connectivity index (χ3n) is 5.37. The molecule has 2 bridgehead atoms. The maximum atomic E-state index is 12.5. The predicted octanol–water partition coefficient (Wildman–Crippen LogP) is 1.19. The van der Waals surface area contributed by atoms with Gasteiger partial charge in [-0.25, -0.2) is 21.6 Å². The van der Waals surface area contributed by atoms with Crippen molar-refractivity contribution in [3.05, 3.63) is 0 Å². The maximum Gasteiger partial charge on any atom is 0.214 e. The van der Waals surface area contributed by atoms with Crippen molar-refractivity contribution in [3.63, 3.8) is 0 Å². The molecule has 0 radical (unpaired) electrons. The highest BCUT2D eigenvalue weighted by Crippen LogP contribution is 2.38. The monoisotopic (exact) mass is 350 g/mol.